The van der Waals surface area contributed by atoms with Crippen LogP contribution in [0.25, 0.3) is 0 Å². The van der Waals surface area contributed by atoms with Gasteiger partial charge in [-0.25, -0.2) is 5.43 Å². The summed E-state index contributed by atoms with van der Waals surface area (Å²) in [4.78, 5) is 23.4. The van der Waals surface area contributed by atoms with Gasteiger partial charge in [0.1, 0.15) is 11.5 Å². The van der Waals surface area contributed by atoms with E-state index in [9.17, 15) is 14.7 Å². The van der Waals surface area contributed by atoms with Crippen LogP contribution in [0.4, 0.5) is 0 Å². The van der Waals surface area contributed by atoms with Gasteiger partial charge in [0.05, 0.1) is 12.0 Å². The third-order valence-corrected chi connectivity index (χ3v) is 2.70. The molecule has 0 saturated carbocycles. The van der Waals surface area contributed by atoms with Gasteiger partial charge in [-0.3, -0.25) is 9.59 Å². The number of nitrogens with one attached hydrogen (secondary N) is 2. The van der Waals surface area contributed by atoms with E-state index < -0.39 is 5.91 Å². The van der Waals surface area contributed by atoms with E-state index in [4.69, 9.17) is 5.11 Å². The number of phenolic OH excluding ortho intramolecular Hbond substituents is 2. The SMILES string of the molecule is C/C(CC(=O)NCC(C)C)=N\NC(=O)c1ccc(O)cc1O. The number of hydrogen-bond donors (Lipinski definition) is 4. The number of hydrazone groups is 1. The minimum absolute atomic E-state index is 0.0152. The van der Waals surface area contributed by atoms with Crippen LogP contribution in [0.2, 0.25) is 0 Å². The number of aromatic hydroxyl groups is 2. The predicted molar refractivity (Wildman–Crippen MR) is 82.8 cm³/mol. The molecular weight excluding hydrogens is 286 g/mol. The van der Waals surface area contributed by atoms with Gasteiger partial charge in [0.15, 0.2) is 0 Å². The van der Waals surface area contributed by atoms with Crippen LogP contribution in [0, 0.1) is 5.92 Å². The van der Waals surface area contributed by atoms with Gasteiger partial charge in [-0.15, -0.1) is 0 Å². The van der Waals surface area contributed by atoms with Crippen molar-refractivity contribution < 1.29 is 19.8 Å². The smallest absolute Gasteiger partial charge is 0.275 e. The van der Waals surface area contributed by atoms with E-state index in [1.165, 1.54) is 12.1 Å². The fourth-order valence-electron chi connectivity index (χ4n) is 1.57. The minimum atomic E-state index is -0.626. The van der Waals surface area contributed by atoms with Crippen molar-refractivity contribution in [1.82, 2.24) is 10.7 Å². The molecule has 0 bridgehead atoms. The molecule has 0 saturated heterocycles. The molecule has 0 atom stereocenters. The van der Waals surface area contributed by atoms with Crippen molar-refractivity contribution >= 4 is 17.5 Å². The highest BCUT2D eigenvalue weighted by Crippen LogP contribution is 2.22. The summed E-state index contributed by atoms with van der Waals surface area (Å²) in [6, 6.07) is 3.62. The molecule has 2 amide bonds. The molecule has 0 unspecified atom stereocenters. The molecule has 7 heteroatoms. The van der Waals surface area contributed by atoms with Crippen molar-refractivity contribution in [1.29, 1.82) is 0 Å². The van der Waals surface area contributed by atoms with Crippen molar-refractivity contribution in [3.63, 3.8) is 0 Å². The highest BCUT2D eigenvalue weighted by atomic mass is 16.3. The molecule has 0 aliphatic heterocycles. The third kappa shape index (κ3) is 5.82. The highest BCUT2D eigenvalue weighted by Gasteiger charge is 2.11. The Hall–Kier alpha value is -2.57. The Morgan fingerprint density at radius 3 is 2.55 bits per heavy atom. The summed E-state index contributed by atoms with van der Waals surface area (Å²) in [5.41, 5.74) is 2.68. The Balaban J connectivity index is 2.55. The van der Waals surface area contributed by atoms with Crippen LogP contribution < -0.4 is 10.7 Å². The maximum absolute atomic E-state index is 11.8. The largest absolute Gasteiger partial charge is 0.508 e. The second-order valence-electron chi connectivity index (χ2n) is 5.36. The normalized spacial score (nSPS) is 11.4. The molecule has 7 nitrogen and oxygen atoms in total. The van der Waals surface area contributed by atoms with Gasteiger partial charge in [-0.05, 0) is 25.0 Å². The summed E-state index contributed by atoms with van der Waals surface area (Å²) in [6.45, 7) is 6.18. The molecule has 0 spiro atoms. The average Bonchev–Trinajstić information content (AvgIpc) is 2.42. The number of hydrogen-bond acceptors (Lipinski definition) is 5. The molecule has 4 N–H and O–H groups in total. The summed E-state index contributed by atoms with van der Waals surface area (Å²) in [6.07, 6.45) is 0.0779. The van der Waals surface area contributed by atoms with E-state index in [0.29, 0.717) is 18.2 Å². The van der Waals surface area contributed by atoms with Gasteiger partial charge in [0, 0.05) is 18.3 Å². The molecule has 0 aliphatic rings. The number of benzene rings is 1. The van der Waals surface area contributed by atoms with E-state index >= 15 is 0 Å². The van der Waals surface area contributed by atoms with Gasteiger partial charge in [0.25, 0.3) is 5.91 Å². The van der Waals surface area contributed by atoms with E-state index in [1.807, 2.05) is 13.8 Å². The average molecular weight is 307 g/mol. The zero-order chi connectivity index (χ0) is 16.7. The summed E-state index contributed by atoms with van der Waals surface area (Å²) >= 11 is 0. The van der Waals surface area contributed by atoms with E-state index in [1.54, 1.807) is 6.92 Å². The zero-order valence-electron chi connectivity index (χ0n) is 12.9. The van der Waals surface area contributed by atoms with Gasteiger partial charge < -0.3 is 15.5 Å². The Morgan fingerprint density at radius 2 is 1.95 bits per heavy atom. The first-order valence-corrected chi connectivity index (χ1v) is 6.91. The van der Waals surface area contributed by atoms with Crippen LogP contribution in [0.15, 0.2) is 23.3 Å². The number of phenols is 2. The summed E-state index contributed by atoms with van der Waals surface area (Å²) in [7, 11) is 0. The first kappa shape index (κ1) is 17.5. The van der Waals surface area contributed by atoms with E-state index in [0.717, 1.165) is 6.07 Å². The van der Waals surface area contributed by atoms with Crippen molar-refractivity contribution in [3.8, 4) is 11.5 Å². The first-order valence-electron chi connectivity index (χ1n) is 6.91. The minimum Gasteiger partial charge on any atom is -0.508 e. The van der Waals surface area contributed by atoms with Crippen molar-refractivity contribution in [2.75, 3.05) is 6.54 Å². The van der Waals surface area contributed by atoms with Crippen LogP contribution in [-0.4, -0.2) is 34.3 Å². The second-order valence-corrected chi connectivity index (χ2v) is 5.36. The summed E-state index contributed by atoms with van der Waals surface area (Å²) in [5.74, 6) is -0.926. The predicted octanol–water partition coefficient (Wildman–Crippen LogP) is 1.37. The highest BCUT2D eigenvalue weighted by molar-refractivity contribution is 6.01. The summed E-state index contributed by atoms with van der Waals surface area (Å²) in [5, 5.41) is 25.3. The second kappa shape index (κ2) is 8.02. The fraction of sp³-hybridized carbons (Fsp3) is 0.400. The maximum Gasteiger partial charge on any atom is 0.275 e. The van der Waals surface area contributed by atoms with Crippen molar-refractivity contribution in [3.05, 3.63) is 23.8 Å². The van der Waals surface area contributed by atoms with E-state index in [-0.39, 0.29) is 29.4 Å². The summed E-state index contributed by atoms with van der Waals surface area (Å²) < 4.78 is 0. The lowest BCUT2D eigenvalue weighted by Crippen LogP contribution is -2.29. The number of carbonyl (C=O) groups is 2. The van der Waals surface area contributed by atoms with Crippen LogP contribution in [0.1, 0.15) is 37.6 Å². The standard InChI is InChI=1S/C15H21N3O4/c1-9(2)8-16-14(21)6-10(3)17-18-15(22)12-5-4-11(19)7-13(12)20/h4-5,7,9,19-20H,6,8H2,1-3H3,(H,16,21)(H,18,22)/b17-10+. The van der Waals surface area contributed by atoms with Crippen molar-refractivity contribution in [2.24, 2.45) is 11.0 Å². The Bertz CT molecular complexity index is 582. The molecule has 1 aromatic carbocycles. The maximum atomic E-state index is 11.8. The Morgan fingerprint density at radius 1 is 1.27 bits per heavy atom. The molecule has 0 aliphatic carbocycles. The lowest BCUT2D eigenvalue weighted by atomic mass is 10.2. The van der Waals surface area contributed by atoms with Crippen LogP contribution in [0.5, 0.6) is 11.5 Å². The van der Waals surface area contributed by atoms with Crippen molar-refractivity contribution in [2.45, 2.75) is 27.2 Å². The third-order valence-electron chi connectivity index (χ3n) is 2.70. The van der Waals surface area contributed by atoms with Crippen LogP contribution in [0.3, 0.4) is 0 Å². The monoisotopic (exact) mass is 307 g/mol. The molecule has 0 aromatic heterocycles. The molecule has 0 heterocycles. The Kier molecular flexibility index (Phi) is 6.37. The van der Waals surface area contributed by atoms with Gasteiger partial charge >= 0.3 is 0 Å². The molecule has 1 rings (SSSR count). The molecule has 0 fully saturated rings. The van der Waals surface area contributed by atoms with E-state index in [2.05, 4.69) is 15.8 Å². The van der Waals surface area contributed by atoms with Gasteiger partial charge in [0.2, 0.25) is 5.91 Å². The lowest BCUT2D eigenvalue weighted by Gasteiger charge is -2.07. The molecule has 0 radical (unpaired) electrons. The number of nitrogens with zero attached hydrogens (tertiary/aromatic N) is 1. The van der Waals surface area contributed by atoms with Gasteiger partial charge in [-0.1, -0.05) is 13.8 Å². The first-order chi connectivity index (χ1) is 10.3. The zero-order valence-corrected chi connectivity index (χ0v) is 12.9. The molecule has 1 aromatic rings. The lowest BCUT2D eigenvalue weighted by molar-refractivity contribution is -0.120. The van der Waals surface area contributed by atoms with Crippen LogP contribution in [-0.2, 0) is 4.79 Å². The number of amides is 2. The number of carbonyl (C=O) groups excluding carboxylic acids is 2. The molecular formula is C15H21N3O4. The quantitative estimate of drug-likeness (QED) is 0.470. The molecule has 120 valence electrons. The molecule has 22 heavy (non-hydrogen) atoms. The van der Waals surface area contributed by atoms with Gasteiger partial charge in [-0.2, -0.15) is 5.10 Å². The topological polar surface area (TPSA) is 111 Å². The fourth-order valence-corrected chi connectivity index (χ4v) is 1.57. The van der Waals surface area contributed by atoms with Crippen LogP contribution >= 0.6 is 0 Å². The number of rotatable bonds is 6. The Labute approximate surface area is 129 Å².